The van der Waals surface area contributed by atoms with Crippen LogP contribution >= 0.6 is 23.4 Å². The van der Waals surface area contributed by atoms with Crippen LogP contribution in [-0.2, 0) is 11.0 Å². The average molecular weight is 526 g/mol. The predicted octanol–water partition coefficient (Wildman–Crippen LogP) is 7.06. The smallest absolute Gasteiger partial charge is 0.416 e. The zero-order chi connectivity index (χ0) is 25.3. The van der Waals surface area contributed by atoms with Crippen molar-refractivity contribution in [2.45, 2.75) is 17.5 Å². The minimum absolute atomic E-state index is 0.0863. The Morgan fingerprint density at radius 1 is 0.971 bits per heavy atom. The monoisotopic (exact) mass is 525 g/mol. The number of nitrogens with zero attached hydrogens (tertiary/aromatic N) is 1. The fraction of sp³-hybridized carbons (Fsp3) is 0.240. The maximum atomic E-state index is 12.7. The van der Waals surface area contributed by atoms with Crippen LogP contribution in [0.2, 0.25) is 5.02 Å². The maximum Gasteiger partial charge on any atom is 0.416 e. The molecule has 3 aromatic rings. The zero-order valence-electron chi connectivity index (χ0n) is 18.5. The molecule has 0 aliphatic rings. The van der Waals surface area contributed by atoms with Crippen molar-refractivity contribution in [2.24, 2.45) is 0 Å². The van der Waals surface area contributed by atoms with Crippen LogP contribution in [0.15, 0.2) is 77.7 Å². The standard InChI is InChI=1S/C25H23ClF3NO4S/c26-19-7-11-23(12-8-19)35-17-30(16-24(31)32)13-2-14-33-21-3-1-4-22(15-21)34-20-9-5-18(6-10-20)25(27,28)29/h1,3-12,15H,2,13-14,16-17H2,(H,31,32). The highest BCUT2D eigenvalue weighted by molar-refractivity contribution is 7.99. The largest absolute Gasteiger partial charge is 0.493 e. The maximum absolute atomic E-state index is 12.7. The molecule has 0 heterocycles. The van der Waals surface area contributed by atoms with Gasteiger partial charge in [-0.25, -0.2) is 0 Å². The number of aliphatic carboxylic acids is 1. The Morgan fingerprint density at radius 3 is 2.31 bits per heavy atom. The summed E-state index contributed by atoms with van der Waals surface area (Å²) in [5, 5.41) is 9.83. The van der Waals surface area contributed by atoms with Crippen LogP contribution in [0.5, 0.6) is 17.2 Å². The second-order valence-electron chi connectivity index (χ2n) is 7.47. The van der Waals surface area contributed by atoms with Gasteiger partial charge >= 0.3 is 12.1 Å². The number of hydrogen-bond acceptors (Lipinski definition) is 5. The van der Waals surface area contributed by atoms with E-state index >= 15 is 0 Å². The van der Waals surface area contributed by atoms with E-state index in [9.17, 15) is 23.1 Å². The predicted molar refractivity (Wildman–Crippen MR) is 129 cm³/mol. The molecule has 1 N–H and O–H groups in total. The van der Waals surface area contributed by atoms with Crippen LogP contribution in [0.4, 0.5) is 13.2 Å². The van der Waals surface area contributed by atoms with Crippen molar-refractivity contribution < 1.29 is 32.5 Å². The molecule has 0 fully saturated rings. The quantitative estimate of drug-likeness (QED) is 0.155. The lowest BCUT2D eigenvalue weighted by atomic mass is 10.2. The van der Waals surface area contributed by atoms with Crippen LogP contribution in [0.1, 0.15) is 12.0 Å². The van der Waals surface area contributed by atoms with Crippen molar-refractivity contribution >= 4 is 29.3 Å². The molecule has 0 spiro atoms. The first-order valence-electron chi connectivity index (χ1n) is 10.6. The lowest BCUT2D eigenvalue weighted by Crippen LogP contribution is -2.31. The molecule has 0 bridgehead atoms. The lowest BCUT2D eigenvalue weighted by molar-refractivity contribution is -0.138. The van der Waals surface area contributed by atoms with Crippen LogP contribution < -0.4 is 9.47 Å². The Morgan fingerprint density at radius 2 is 1.66 bits per heavy atom. The van der Waals surface area contributed by atoms with Crippen LogP contribution in [0.3, 0.4) is 0 Å². The Balaban J connectivity index is 1.47. The average Bonchev–Trinajstić information content (AvgIpc) is 2.81. The second-order valence-corrected chi connectivity index (χ2v) is 8.93. The van der Waals surface area contributed by atoms with E-state index in [1.54, 1.807) is 36.4 Å². The first-order valence-corrected chi connectivity index (χ1v) is 12.0. The summed E-state index contributed by atoms with van der Waals surface area (Å²) in [6.07, 6.45) is -3.81. The summed E-state index contributed by atoms with van der Waals surface area (Å²) in [6, 6.07) is 18.6. The van der Waals surface area contributed by atoms with Gasteiger partial charge in [-0.2, -0.15) is 13.2 Å². The van der Waals surface area contributed by atoms with Crippen molar-refractivity contribution in [3.63, 3.8) is 0 Å². The van der Waals surface area contributed by atoms with Gasteiger partial charge in [0.25, 0.3) is 0 Å². The van der Waals surface area contributed by atoms with Crippen molar-refractivity contribution in [1.29, 1.82) is 0 Å². The van der Waals surface area contributed by atoms with E-state index in [1.807, 2.05) is 17.0 Å². The summed E-state index contributed by atoms with van der Waals surface area (Å²) < 4.78 is 49.5. The minimum atomic E-state index is -4.40. The van der Waals surface area contributed by atoms with Gasteiger partial charge in [0.1, 0.15) is 17.2 Å². The number of benzene rings is 3. The van der Waals surface area contributed by atoms with Crippen molar-refractivity contribution in [3.05, 3.63) is 83.4 Å². The van der Waals surface area contributed by atoms with E-state index < -0.39 is 17.7 Å². The third kappa shape index (κ3) is 9.35. The van der Waals surface area contributed by atoms with E-state index in [-0.39, 0.29) is 12.3 Å². The second kappa shape index (κ2) is 12.7. The summed E-state index contributed by atoms with van der Waals surface area (Å²) in [4.78, 5) is 14.0. The molecule has 35 heavy (non-hydrogen) atoms. The molecule has 0 saturated carbocycles. The number of halogens is 4. The minimum Gasteiger partial charge on any atom is -0.493 e. The molecule has 10 heteroatoms. The highest BCUT2D eigenvalue weighted by Crippen LogP contribution is 2.32. The van der Waals surface area contributed by atoms with Gasteiger partial charge in [0, 0.05) is 28.4 Å². The Kier molecular flexibility index (Phi) is 9.71. The Bertz CT molecular complexity index is 1100. The van der Waals surface area contributed by atoms with Gasteiger partial charge < -0.3 is 14.6 Å². The molecular formula is C25H23ClF3NO4S. The van der Waals surface area contributed by atoms with Crippen molar-refractivity contribution in [3.8, 4) is 17.2 Å². The van der Waals surface area contributed by atoms with E-state index in [0.717, 1.165) is 17.0 Å². The third-order valence-corrected chi connectivity index (χ3v) is 6.05. The molecule has 5 nitrogen and oxygen atoms in total. The molecule has 3 aromatic carbocycles. The van der Waals surface area contributed by atoms with Crippen LogP contribution in [0, 0.1) is 0 Å². The van der Waals surface area contributed by atoms with Crippen LogP contribution in [-0.4, -0.2) is 41.5 Å². The van der Waals surface area contributed by atoms with Crippen LogP contribution in [0.25, 0.3) is 0 Å². The molecule has 0 amide bonds. The summed E-state index contributed by atoms with van der Waals surface area (Å²) in [7, 11) is 0. The number of rotatable bonds is 12. The highest BCUT2D eigenvalue weighted by Gasteiger charge is 2.30. The Hall–Kier alpha value is -2.88. The normalized spacial score (nSPS) is 11.5. The summed E-state index contributed by atoms with van der Waals surface area (Å²) in [5.74, 6) is 0.835. The fourth-order valence-electron chi connectivity index (χ4n) is 3.03. The lowest BCUT2D eigenvalue weighted by Gasteiger charge is -2.20. The van der Waals surface area contributed by atoms with E-state index in [4.69, 9.17) is 21.1 Å². The van der Waals surface area contributed by atoms with Gasteiger partial charge in [0.15, 0.2) is 0 Å². The molecule has 0 radical (unpaired) electrons. The topological polar surface area (TPSA) is 59.0 Å². The van der Waals surface area contributed by atoms with Gasteiger partial charge in [-0.05, 0) is 67.1 Å². The summed E-state index contributed by atoms with van der Waals surface area (Å²) >= 11 is 7.42. The molecule has 0 aliphatic heterocycles. The first-order chi connectivity index (χ1) is 16.7. The molecule has 0 aromatic heterocycles. The Labute approximate surface area is 210 Å². The van der Waals surface area contributed by atoms with E-state index in [0.29, 0.717) is 42.0 Å². The first kappa shape index (κ1) is 26.7. The van der Waals surface area contributed by atoms with Gasteiger partial charge in [0.05, 0.1) is 18.7 Å². The van der Waals surface area contributed by atoms with E-state index in [1.165, 1.54) is 23.9 Å². The van der Waals surface area contributed by atoms with Crippen molar-refractivity contribution in [1.82, 2.24) is 4.90 Å². The van der Waals surface area contributed by atoms with Gasteiger partial charge in [-0.1, -0.05) is 17.7 Å². The van der Waals surface area contributed by atoms with Gasteiger partial charge in [0.2, 0.25) is 0 Å². The zero-order valence-corrected chi connectivity index (χ0v) is 20.1. The molecule has 0 saturated heterocycles. The highest BCUT2D eigenvalue weighted by atomic mass is 35.5. The van der Waals surface area contributed by atoms with Gasteiger partial charge in [-0.15, -0.1) is 11.8 Å². The summed E-state index contributed by atoms with van der Waals surface area (Å²) in [6.45, 7) is 0.789. The molecular weight excluding hydrogens is 503 g/mol. The number of alkyl halides is 3. The fourth-order valence-corrected chi connectivity index (χ4v) is 4.04. The number of ether oxygens (including phenoxy) is 2. The number of thioether (sulfide) groups is 1. The van der Waals surface area contributed by atoms with E-state index in [2.05, 4.69) is 0 Å². The molecule has 0 unspecified atom stereocenters. The van der Waals surface area contributed by atoms with Gasteiger partial charge in [-0.3, -0.25) is 9.69 Å². The van der Waals surface area contributed by atoms with Crippen molar-refractivity contribution in [2.75, 3.05) is 25.6 Å². The SMILES string of the molecule is O=C(O)CN(CCCOc1cccc(Oc2ccc(C(F)(F)F)cc2)c1)CSc1ccc(Cl)cc1. The molecule has 0 aliphatic carbocycles. The number of carboxylic acid groups (broad SMARTS) is 1. The molecule has 186 valence electrons. The number of carbonyl (C=O) groups is 1. The molecule has 0 atom stereocenters. The number of carboxylic acids is 1. The third-order valence-electron chi connectivity index (χ3n) is 4.70. The molecule has 3 rings (SSSR count). The number of hydrogen-bond donors (Lipinski definition) is 1. The summed E-state index contributed by atoms with van der Waals surface area (Å²) in [5.41, 5.74) is -0.745.